The van der Waals surface area contributed by atoms with Crippen molar-refractivity contribution >= 4 is 28.7 Å². The Kier molecular flexibility index (Phi) is 6.40. The topological polar surface area (TPSA) is 47.4 Å². The number of likely N-dealkylation sites (N-methyl/N-ethyl adjacent to an activating group) is 1. The van der Waals surface area contributed by atoms with Gasteiger partial charge < -0.3 is 14.2 Å². The van der Waals surface area contributed by atoms with E-state index in [-0.39, 0.29) is 5.91 Å². The van der Waals surface area contributed by atoms with Crippen LogP contribution in [0.15, 0.2) is 48.5 Å². The van der Waals surface area contributed by atoms with Crippen LogP contribution in [0.3, 0.4) is 0 Å². The first-order chi connectivity index (χ1) is 13.1. The highest BCUT2D eigenvalue weighted by molar-refractivity contribution is 7.97. The quantitative estimate of drug-likeness (QED) is 0.591. The Morgan fingerprint density at radius 1 is 1.19 bits per heavy atom. The first kappa shape index (κ1) is 19.3. The second-order valence-electron chi connectivity index (χ2n) is 6.36. The highest BCUT2D eigenvalue weighted by Crippen LogP contribution is 2.19. The van der Waals surface area contributed by atoms with E-state index in [1.54, 1.807) is 16.7 Å². The SMILES string of the molecule is CCOc1ccc(CN(C)C(=O)Cn2c(CSC)nc3ccccc32)cc1. The number of aromatic nitrogens is 2. The van der Waals surface area contributed by atoms with E-state index in [0.717, 1.165) is 33.9 Å². The van der Waals surface area contributed by atoms with Crippen molar-refractivity contribution < 1.29 is 9.53 Å². The summed E-state index contributed by atoms with van der Waals surface area (Å²) in [4.78, 5) is 19.3. The molecule has 0 saturated heterocycles. The zero-order chi connectivity index (χ0) is 19.2. The number of hydrogen-bond donors (Lipinski definition) is 0. The maximum Gasteiger partial charge on any atom is 0.242 e. The highest BCUT2D eigenvalue weighted by Gasteiger charge is 2.16. The Morgan fingerprint density at radius 2 is 1.93 bits per heavy atom. The van der Waals surface area contributed by atoms with Crippen LogP contribution < -0.4 is 4.74 Å². The number of amides is 1. The molecule has 0 aliphatic carbocycles. The molecule has 1 amide bonds. The standard InChI is InChI=1S/C21H25N3O2S/c1-4-26-17-11-9-16(10-12-17)13-23(2)21(25)14-24-19-8-6-5-7-18(19)22-20(24)15-27-3/h5-12H,4,13-15H2,1-3H3. The number of rotatable bonds is 8. The third-order valence-corrected chi connectivity index (χ3v) is 4.93. The summed E-state index contributed by atoms with van der Waals surface area (Å²) in [5, 5.41) is 0. The molecule has 0 fully saturated rings. The maximum atomic E-state index is 12.8. The lowest BCUT2D eigenvalue weighted by molar-refractivity contribution is -0.131. The van der Waals surface area contributed by atoms with E-state index < -0.39 is 0 Å². The number of imidazole rings is 1. The smallest absolute Gasteiger partial charge is 0.242 e. The van der Waals surface area contributed by atoms with Crippen molar-refractivity contribution in [2.75, 3.05) is 19.9 Å². The number of carbonyl (C=O) groups is 1. The summed E-state index contributed by atoms with van der Waals surface area (Å²) in [5.74, 6) is 2.63. The summed E-state index contributed by atoms with van der Waals surface area (Å²) in [5.41, 5.74) is 3.02. The van der Waals surface area contributed by atoms with E-state index in [1.165, 1.54) is 0 Å². The number of benzene rings is 2. The number of ether oxygens (including phenoxy) is 1. The van der Waals surface area contributed by atoms with Crippen LogP contribution in [-0.2, 0) is 23.6 Å². The number of carbonyl (C=O) groups excluding carboxylic acids is 1. The van der Waals surface area contributed by atoms with Crippen LogP contribution in [0.1, 0.15) is 18.3 Å². The molecule has 0 N–H and O–H groups in total. The minimum Gasteiger partial charge on any atom is -0.494 e. The summed E-state index contributed by atoms with van der Waals surface area (Å²) >= 11 is 1.71. The fourth-order valence-electron chi connectivity index (χ4n) is 3.02. The fraction of sp³-hybridized carbons (Fsp3) is 0.333. The number of fused-ring (bicyclic) bond motifs is 1. The predicted molar refractivity (Wildman–Crippen MR) is 111 cm³/mol. The number of thioether (sulfide) groups is 1. The van der Waals surface area contributed by atoms with Gasteiger partial charge in [-0.05, 0) is 43.0 Å². The van der Waals surface area contributed by atoms with E-state index in [9.17, 15) is 4.79 Å². The molecule has 0 atom stereocenters. The average molecular weight is 384 g/mol. The first-order valence-corrected chi connectivity index (χ1v) is 10.4. The molecule has 3 rings (SSSR count). The molecule has 3 aromatic rings. The number of hydrogen-bond acceptors (Lipinski definition) is 4. The van der Waals surface area contributed by atoms with E-state index in [1.807, 2.05) is 73.3 Å². The Morgan fingerprint density at radius 3 is 2.63 bits per heavy atom. The fourth-order valence-corrected chi connectivity index (χ4v) is 3.50. The van der Waals surface area contributed by atoms with E-state index in [4.69, 9.17) is 4.74 Å². The second-order valence-corrected chi connectivity index (χ2v) is 7.23. The van der Waals surface area contributed by atoms with Crippen LogP contribution in [-0.4, -0.2) is 40.3 Å². The van der Waals surface area contributed by atoms with Gasteiger partial charge in [0.25, 0.3) is 0 Å². The van der Waals surface area contributed by atoms with Crippen LogP contribution in [0, 0.1) is 0 Å². The van der Waals surface area contributed by atoms with Crippen LogP contribution in [0.2, 0.25) is 0 Å². The molecule has 142 valence electrons. The van der Waals surface area contributed by atoms with Gasteiger partial charge in [0.15, 0.2) is 0 Å². The Hall–Kier alpha value is -2.47. The summed E-state index contributed by atoms with van der Waals surface area (Å²) in [6, 6.07) is 15.9. The summed E-state index contributed by atoms with van der Waals surface area (Å²) in [6.07, 6.45) is 2.05. The Labute approximate surface area is 164 Å². The number of para-hydroxylation sites is 2. The van der Waals surface area contributed by atoms with Crippen molar-refractivity contribution in [2.24, 2.45) is 0 Å². The maximum absolute atomic E-state index is 12.8. The predicted octanol–water partition coefficient (Wildman–Crippen LogP) is 3.96. The molecule has 0 saturated carbocycles. The molecular formula is C21H25N3O2S. The van der Waals surface area contributed by atoms with E-state index in [0.29, 0.717) is 19.7 Å². The number of nitrogens with zero attached hydrogens (tertiary/aromatic N) is 3. The van der Waals surface area contributed by atoms with Gasteiger partial charge >= 0.3 is 0 Å². The van der Waals surface area contributed by atoms with Crippen LogP contribution >= 0.6 is 11.8 Å². The van der Waals surface area contributed by atoms with Gasteiger partial charge in [-0.3, -0.25) is 4.79 Å². The van der Waals surface area contributed by atoms with Gasteiger partial charge in [0.1, 0.15) is 18.1 Å². The molecule has 1 aromatic heterocycles. The van der Waals surface area contributed by atoms with Crippen molar-refractivity contribution in [3.05, 3.63) is 59.9 Å². The molecule has 0 aliphatic heterocycles. The average Bonchev–Trinajstić information content (AvgIpc) is 3.01. The van der Waals surface area contributed by atoms with E-state index >= 15 is 0 Å². The minimum absolute atomic E-state index is 0.0643. The lowest BCUT2D eigenvalue weighted by Crippen LogP contribution is -2.30. The van der Waals surface area contributed by atoms with Crippen LogP contribution in [0.25, 0.3) is 11.0 Å². The van der Waals surface area contributed by atoms with Crippen LogP contribution in [0.5, 0.6) is 5.75 Å². The molecule has 1 heterocycles. The molecule has 0 spiro atoms. The van der Waals surface area contributed by atoms with Gasteiger partial charge in [0.05, 0.1) is 23.4 Å². The van der Waals surface area contributed by atoms with Crippen molar-refractivity contribution in [1.82, 2.24) is 14.5 Å². The van der Waals surface area contributed by atoms with Gasteiger partial charge in [-0.25, -0.2) is 4.98 Å². The van der Waals surface area contributed by atoms with Gasteiger partial charge in [-0.15, -0.1) is 0 Å². The highest BCUT2D eigenvalue weighted by atomic mass is 32.2. The summed E-state index contributed by atoms with van der Waals surface area (Å²) in [6.45, 7) is 3.47. The van der Waals surface area contributed by atoms with Crippen molar-refractivity contribution in [1.29, 1.82) is 0 Å². The molecule has 0 bridgehead atoms. The van der Waals surface area contributed by atoms with Gasteiger partial charge in [-0.1, -0.05) is 24.3 Å². The zero-order valence-corrected chi connectivity index (χ0v) is 16.8. The van der Waals surface area contributed by atoms with Gasteiger partial charge in [-0.2, -0.15) is 11.8 Å². The Balaban J connectivity index is 1.72. The van der Waals surface area contributed by atoms with Gasteiger partial charge in [0.2, 0.25) is 5.91 Å². The normalized spacial score (nSPS) is 10.9. The molecule has 0 radical (unpaired) electrons. The summed E-state index contributed by atoms with van der Waals surface area (Å²) in [7, 11) is 1.84. The molecule has 6 heteroatoms. The van der Waals surface area contributed by atoms with Crippen LogP contribution in [0.4, 0.5) is 0 Å². The molecular weight excluding hydrogens is 358 g/mol. The van der Waals surface area contributed by atoms with Gasteiger partial charge in [0, 0.05) is 13.6 Å². The molecule has 27 heavy (non-hydrogen) atoms. The monoisotopic (exact) mass is 383 g/mol. The lowest BCUT2D eigenvalue weighted by atomic mass is 10.2. The molecule has 5 nitrogen and oxygen atoms in total. The zero-order valence-electron chi connectivity index (χ0n) is 16.0. The van der Waals surface area contributed by atoms with E-state index in [2.05, 4.69) is 4.98 Å². The minimum atomic E-state index is 0.0643. The summed E-state index contributed by atoms with van der Waals surface area (Å²) < 4.78 is 7.50. The van der Waals surface area contributed by atoms with Crippen molar-refractivity contribution in [2.45, 2.75) is 25.8 Å². The van der Waals surface area contributed by atoms with Crippen molar-refractivity contribution in [3.63, 3.8) is 0 Å². The second kappa shape index (κ2) is 8.95. The third-order valence-electron chi connectivity index (χ3n) is 4.38. The molecule has 0 unspecified atom stereocenters. The Bertz CT molecular complexity index is 905. The largest absolute Gasteiger partial charge is 0.494 e. The van der Waals surface area contributed by atoms with Crippen molar-refractivity contribution in [3.8, 4) is 5.75 Å². The lowest BCUT2D eigenvalue weighted by Gasteiger charge is -2.19. The molecule has 2 aromatic carbocycles. The third kappa shape index (κ3) is 4.63. The first-order valence-electron chi connectivity index (χ1n) is 9.01. The molecule has 0 aliphatic rings.